The molecule has 18 heavy (non-hydrogen) atoms. The highest BCUT2D eigenvalue weighted by Gasteiger charge is 1.99. The van der Waals surface area contributed by atoms with E-state index in [4.69, 9.17) is 11.6 Å². The molecular formula is C16H11ClS. The summed E-state index contributed by atoms with van der Waals surface area (Å²) >= 11 is 7.64. The zero-order chi connectivity index (χ0) is 12.4. The van der Waals surface area contributed by atoms with Crippen LogP contribution in [0.4, 0.5) is 0 Å². The van der Waals surface area contributed by atoms with Gasteiger partial charge in [0.05, 0.1) is 0 Å². The zero-order valence-electron chi connectivity index (χ0n) is 9.64. The van der Waals surface area contributed by atoms with E-state index < -0.39 is 0 Å². The number of rotatable bonds is 2. The number of halogens is 1. The minimum Gasteiger partial charge on any atom is -0.0901 e. The molecule has 0 aromatic heterocycles. The van der Waals surface area contributed by atoms with Gasteiger partial charge in [-0.15, -0.1) is 0 Å². The van der Waals surface area contributed by atoms with Crippen LogP contribution >= 0.6 is 23.4 Å². The van der Waals surface area contributed by atoms with Crippen LogP contribution in [0.25, 0.3) is 10.8 Å². The van der Waals surface area contributed by atoms with Crippen LogP contribution in [-0.4, -0.2) is 0 Å². The Morgan fingerprint density at radius 2 is 1.33 bits per heavy atom. The second-order valence-corrected chi connectivity index (χ2v) is 5.65. The Hall–Kier alpha value is -1.44. The first-order valence-corrected chi connectivity index (χ1v) is 6.93. The SMILES string of the molecule is Clc1ccc(Sc2ccc3ccccc3c2)cc1. The molecule has 0 radical (unpaired) electrons. The molecule has 3 aromatic carbocycles. The van der Waals surface area contributed by atoms with Crippen molar-refractivity contribution in [2.45, 2.75) is 9.79 Å². The maximum Gasteiger partial charge on any atom is 0.0406 e. The Labute approximate surface area is 116 Å². The van der Waals surface area contributed by atoms with E-state index in [2.05, 4.69) is 42.5 Å². The maximum absolute atomic E-state index is 5.88. The minimum atomic E-state index is 0.776. The van der Waals surface area contributed by atoms with E-state index in [9.17, 15) is 0 Å². The maximum atomic E-state index is 5.88. The first-order chi connectivity index (χ1) is 8.81. The van der Waals surface area contributed by atoms with Crippen LogP contribution in [0.5, 0.6) is 0 Å². The van der Waals surface area contributed by atoms with Gasteiger partial charge in [0.2, 0.25) is 0 Å². The van der Waals surface area contributed by atoms with Crippen LogP contribution in [0.1, 0.15) is 0 Å². The summed E-state index contributed by atoms with van der Waals surface area (Å²) < 4.78 is 0. The molecule has 0 aliphatic rings. The molecule has 0 saturated heterocycles. The van der Waals surface area contributed by atoms with Gasteiger partial charge < -0.3 is 0 Å². The molecule has 0 spiro atoms. The minimum absolute atomic E-state index is 0.776. The lowest BCUT2D eigenvalue weighted by Crippen LogP contribution is -1.76. The van der Waals surface area contributed by atoms with Gasteiger partial charge in [-0.05, 0) is 47.2 Å². The lowest BCUT2D eigenvalue weighted by molar-refractivity contribution is 1.42. The van der Waals surface area contributed by atoms with Gasteiger partial charge in [0.25, 0.3) is 0 Å². The smallest absolute Gasteiger partial charge is 0.0406 e. The molecule has 0 atom stereocenters. The lowest BCUT2D eigenvalue weighted by Gasteiger charge is -2.04. The van der Waals surface area contributed by atoms with Crippen molar-refractivity contribution in [2.24, 2.45) is 0 Å². The van der Waals surface area contributed by atoms with Crippen molar-refractivity contribution in [1.82, 2.24) is 0 Å². The molecule has 3 rings (SSSR count). The van der Waals surface area contributed by atoms with Crippen molar-refractivity contribution in [3.8, 4) is 0 Å². The van der Waals surface area contributed by atoms with Crippen LogP contribution in [0.15, 0.2) is 76.5 Å². The number of hydrogen-bond acceptors (Lipinski definition) is 1. The Morgan fingerprint density at radius 3 is 2.11 bits per heavy atom. The summed E-state index contributed by atoms with van der Waals surface area (Å²) in [5, 5.41) is 3.33. The normalized spacial score (nSPS) is 10.7. The van der Waals surface area contributed by atoms with Crippen LogP contribution in [-0.2, 0) is 0 Å². The molecule has 0 amide bonds. The van der Waals surface area contributed by atoms with Gasteiger partial charge in [0.1, 0.15) is 0 Å². The Bertz CT molecular complexity index is 674. The zero-order valence-corrected chi connectivity index (χ0v) is 11.2. The van der Waals surface area contributed by atoms with Crippen LogP contribution in [0, 0.1) is 0 Å². The summed E-state index contributed by atoms with van der Waals surface area (Å²) in [6.45, 7) is 0. The van der Waals surface area contributed by atoms with E-state index in [0.717, 1.165) is 5.02 Å². The molecule has 0 N–H and O–H groups in total. The molecule has 0 bridgehead atoms. The van der Waals surface area contributed by atoms with Gasteiger partial charge in [-0.2, -0.15) is 0 Å². The fourth-order valence-electron chi connectivity index (χ4n) is 1.87. The van der Waals surface area contributed by atoms with Gasteiger partial charge in [0.15, 0.2) is 0 Å². The van der Waals surface area contributed by atoms with Crippen molar-refractivity contribution in [1.29, 1.82) is 0 Å². The van der Waals surface area contributed by atoms with Crippen LogP contribution in [0.3, 0.4) is 0 Å². The number of hydrogen-bond donors (Lipinski definition) is 0. The Kier molecular flexibility index (Phi) is 3.26. The molecule has 0 fully saturated rings. The van der Waals surface area contributed by atoms with Crippen molar-refractivity contribution in [3.05, 3.63) is 71.8 Å². The molecule has 88 valence electrons. The van der Waals surface area contributed by atoms with Gasteiger partial charge in [-0.3, -0.25) is 0 Å². The predicted octanol–water partition coefficient (Wildman–Crippen LogP) is 5.64. The van der Waals surface area contributed by atoms with Gasteiger partial charge in [-0.1, -0.05) is 53.7 Å². The molecule has 3 aromatic rings. The lowest BCUT2D eigenvalue weighted by atomic mass is 10.1. The standard InChI is InChI=1S/C16H11ClS/c17-14-6-9-15(10-7-14)18-16-8-5-12-3-1-2-4-13(12)11-16/h1-11H. The number of fused-ring (bicyclic) bond motifs is 1. The van der Waals surface area contributed by atoms with E-state index >= 15 is 0 Å². The molecule has 0 saturated carbocycles. The van der Waals surface area contributed by atoms with Crippen molar-refractivity contribution >= 4 is 34.1 Å². The fraction of sp³-hybridized carbons (Fsp3) is 0. The molecule has 0 unspecified atom stereocenters. The van der Waals surface area contributed by atoms with Crippen molar-refractivity contribution in [2.75, 3.05) is 0 Å². The van der Waals surface area contributed by atoms with Crippen molar-refractivity contribution in [3.63, 3.8) is 0 Å². The van der Waals surface area contributed by atoms with E-state index in [1.807, 2.05) is 24.3 Å². The average molecular weight is 271 g/mol. The second kappa shape index (κ2) is 5.05. The molecule has 0 aliphatic carbocycles. The van der Waals surface area contributed by atoms with Gasteiger partial charge in [0, 0.05) is 14.8 Å². The molecular weight excluding hydrogens is 260 g/mol. The summed E-state index contributed by atoms with van der Waals surface area (Å²) in [5.41, 5.74) is 0. The summed E-state index contributed by atoms with van der Waals surface area (Å²) in [7, 11) is 0. The molecule has 0 aliphatic heterocycles. The summed E-state index contributed by atoms with van der Waals surface area (Å²) in [6, 6.07) is 22.9. The van der Waals surface area contributed by atoms with Crippen molar-refractivity contribution < 1.29 is 0 Å². The Balaban J connectivity index is 1.92. The second-order valence-electron chi connectivity index (χ2n) is 4.06. The third-order valence-electron chi connectivity index (χ3n) is 2.77. The van der Waals surface area contributed by atoms with E-state index in [-0.39, 0.29) is 0 Å². The molecule has 0 heterocycles. The van der Waals surface area contributed by atoms with Crippen LogP contribution < -0.4 is 0 Å². The monoisotopic (exact) mass is 270 g/mol. The fourth-order valence-corrected chi connectivity index (χ4v) is 2.86. The third-order valence-corrected chi connectivity index (χ3v) is 4.02. The van der Waals surface area contributed by atoms with Gasteiger partial charge >= 0.3 is 0 Å². The molecule has 2 heteroatoms. The highest BCUT2D eigenvalue weighted by atomic mass is 35.5. The summed E-state index contributed by atoms with van der Waals surface area (Å²) in [6.07, 6.45) is 0. The predicted molar refractivity (Wildman–Crippen MR) is 79.5 cm³/mol. The van der Waals surface area contributed by atoms with Crippen LogP contribution in [0.2, 0.25) is 5.02 Å². The largest absolute Gasteiger partial charge is 0.0901 e. The summed E-state index contributed by atoms with van der Waals surface area (Å²) in [5.74, 6) is 0. The Morgan fingerprint density at radius 1 is 0.667 bits per heavy atom. The summed E-state index contributed by atoms with van der Waals surface area (Å²) in [4.78, 5) is 2.45. The molecule has 0 nitrogen and oxygen atoms in total. The van der Waals surface area contributed by atoms with Gasteiger partial charge in [-0.25, -0.2) is 0 Å². The third kappa shape index (κ3) is 2.53. The van der Waals surface area contributed by atoms with E-state index in [0.29, 0.717) is 0 Å². The highest BCUT2D eigenvalue weighted by Crippen LogP contribution is 2.30. The number of benzene rings is 3. The first-order valence-electron chi connectivity index (χ1n) is 5.73. The highest BCUT2D eigenvalue weighted by molar-refractivity contribution is 7.99. The average Bonchev–Trinajstić information content (AvgIpc) is 2.41. The van der Waals surface area contributed by atoms with E-state index in [1.54, 1.807) is 11.8 Å². The topological polar surface area (TPSA) is 0 Å². The first kappa shape index (κ1) is 11.6. The van der Waals surface area contributed by atoms with E-state index in [1.165, 1.54) is 20.6 Å². The quantitative estimate of drug-likeness (QED) is 0.580.